The summed E-state index contributed by atoms with van der Waals surface area (Å²) < 4.78 is 13.0. The van der Waals surface area contributed by atoms with E-state index in [4.69, 9.17) is 0 Å². The van der Waals surface area contributed by atoms with Crippen molar-refractivity contribution in [3.8, 4) is 0 Å². The van der Waals surface area contributed by atoms with E-state index >= 15 is 0 Å². The molecule has 0 aromatic carbocycles. The van der Waals surface area contributed by atoms with Gasteiger partial charge >= 0.3 is 23.8 Å². The number of carbonyl (C=O) groups is 2. The highest BCUT2D eigenvalue weighted by molar-refractivity contribution is 5.92. The van der Waals surface area contributed by atoms with E-state index in [9.17, 15) is 29.8 Å². The smallest absolute Gasteiger partial charge is 0.446 e. The molecule has 1 heterocycles. The second-order valence-corrected chi connectivity index (χ2v) is 3.41. The summed E-state index contributed by atoms with van der Waals surface area (Å²) in [4.78, 5) is 45.1. The van der Waals surface area contributed by atoms with E-state index in [2.05, 4.69) is 24.4 Å². The highest BCUT2D eigenvalue weighted by atomic mass is 16.7. The Hall–Kier alpha value is -3.52. The average Bonchev–Trinajstić information content (AvgIpc) is 2.87. The Morgan fingerprint density at radius 3 is 1.61 bits per heavy atom. The standard InChI is InChI=1S/C8H10N6O9/c1-3-21-7(15)11(13(17)18)5-6(10-23-9-5)12(14(19)20)8(16)22-4-2/h3-4H2,1-2H3. The van der Waals surface area contributed by atoms with Gasteiger partial charge in [0.1, 0.15) is 0 Å². The summed E-state index contributed by atoms with van der Waals surface area (Å²) in [6.45, 7) is 2.31. The van der Waals surface area contributed by atoms with E-state index in [0.717, 1.165) is 0 Å². The molecule has 0 saturated heterocycles. The van der Waals surface area contributed by atoms with Crippen molar-refractivity contribution in [1.82, 2.24) is 10.3 Å². The van der Waals surface area contributed by atoms with Crippen LogP contribution in [-0.2, 0) is 9.47 Å². The fourth-order valence-electron chi connectivity index (χ4n) is 1.28. The Bertz CT molecular complexity index is 564. The van der Waals surface area contributed by atoms with Gasteiger partial charge in [0.05, 0.1) is 13.2 Å². The minimum atomic E-state index is -1.51. The van der Waals surface area contributed by atoms with Gasteiger partial charge < -0.3 is 9.47 Å². The summed E-state index contributed by atoms with van der Waals surface area (Å²) in [5.74, 6) is -2.06. The maximum absolute atomic E-state index is 11.6. The van der Waals surface area contributed by atoms with E-state index in [1.54, 1.807) is 0 Å². The molecule has 23 heavy (non-hydrogen) atoms. The molecular formula is C8H10N6O9. The van der Waals surface area contributed by atoms with Gasteiger partial charge in [-0.1, -0.05) is 0 Å². The zero-order valence-corrected chi connectivity index (χ0v) is 11.8. The first-order valence-electron chi connectivity index (χ1n) is 5.90. The van der Waals surface area contributed by atoms with Crippen LogP contribution in [0.2, 0.25) is 0 Å². The molecule has 0 bridgehead atoms. The van der Waals surface area contributed by atoms with Crippen molar-refractivity contribution in [3.63, 3.8) is 0 Å². The van der Waals surface area contributed by atoms with Gasteiger partial charge in [-0.2, -0.15) is 0 Å². The van der Waals surface area contributed by atoms with Crippen LogP contribution in [0.15, 0.2) is 4.63 Å². The minimum absolute atomic E-state index is 0.222. The van der Waals surface area contributed by atoms with Gasteiger partial charge in [-0.3, -0.25) is 0 Å². The van der Waals surface area contributed by atoms with E-state index in [1.165, 1.54) is 13.8 Å². The summed E-state index contributed by atoms with van der Waals surface area (Å²) >= 11 is 0. The predicted molar refractivity (Wildman–Crippen MR) is 67.3 cm³/mol. The molecule has 1 aromatic rings. The van der Waals surface area contributed by atoms with Crippen molar-refractivity contribution in [2.24, 2.45) is 0 Å². The first kappa shape index (κ1) is 17.5. The molecule has 1 aromatic heterocycles. The van der Waals surface area contributed by atoms with Crippen molar-refractivity contribution < 1.29 is 33.8 Å². The lowest BCUT2D eigenvalue weighted by Crippen LogP contribution is -2.41. The number of rotatable bonds is 6. The monoisotopic (exact) mass is 334 g/mol. The Labute approximate surface area is 126 Å². The Morgan fingerprint density at radius 1 is 1.00 bits per heavy atom. The van der Waals surface area contributed by atoms with Crippen molar-refractivity contribution in [2.75, 3.05) is 23.2 Å². The van der Waals surface area contributed by atoms with Gasteiger partial charge in [0.15, 0.2) is 10.1 Å². The summed E-state index contributed by atoms with van der Waals surface area (Å²) in [6, 6.07) is 0. The summed E-state index contributed by atoms with van der Waals surface area (Å²) in [5, 5.41) is 24.9. The minimum Gasteiger partial charge on any atom is -0.446 e. The normalized spacial score (nSPS) is 9.83. The van der Waals surface area contributed by atoms with E-state index in [1.807, 2.05) is 0 Å². The number of hydrogen-bond acceptors (Lipinski definition) is 11. The van der Waals surface area contributed by atoms with Gasteiger partial charge in [0.2, 0.25) is 0 Å². The zero-order chi connectivity index (χ0) is 17.6. The van der Waals surface area contributed by atoms with Crippen LogP contribution >= 0.6 is 0 Å². The highest BCUT2D eigenvalue weighted by Crippen LogP contribution is 2.26. The maximum Gasteiger partial charge on any atom is 0.475 e. The van der Waals surface area contributed by atoms with Crippen molar-refractivity contribution in [3.05, 3.63) is 20.2 Å². The molecule has 0 radical (unpaired) electrons. The Kier molecular flexibility index (Phi) is 5.70. The third-order valence-electron chi connectivity index (χ3n) is 2.06. The van der Waals surface area contributed by atoms with Crippen LogP contribution in [0.4, 0.5) is 21.2 Å². The second kappa shape index (κ2) is 7.48. The number of nitro groups is 2. The number of nitrogens with zero attached hydrogens (tertiary/aromatic N) is 6. The highest BCUT2D eigenvalue weighted by Gasteiger charge is 2.43. The van der Waals surface area contributed by atoms with Crippen LogP contribution in [-0.4, -0.2) is 45.8 Å². The average molecular weight is 334 g/mol. The third kappa shape index (κ3) is 3.77. The number of aromatic nitrogens is 2. The molecule has 0 saturated carbocycles. The molecule has 15 heteroatoms. The fourth-order valence-corrected chi connectivity index (χ4v) is 1.28. The number of carbonyl (C=O) groups excluding carboxylic acids is 2. The lowest BCUT2D eigenvalue weighted by Gasteiger charge is -2.12. The number of ether oxygens (including phenoxy) is 2. The van der Waals surface area contributed by atoms with Gasteiger partial charge in [-0.25, -0.2) is 34.4 Å². The molecular weight excluding hydrogens is 324 g/mol. The van der Waals surface area contributed by atoms with Crippen LogP contribution in [0.3, 0.4) is 0 Å². The molecule has 0 fully saturated rings. The van der Waals surface area contributed by atoms with Crippen molar-refractivity contribution in [1.29, 1.82) is 0 Å². The van der Waals surface area contributed by atoms with E-state index < -0.39 is 33.9 Å². The molecule has 0 spiro atoms. The van der Waals surface area contributed by atoms with E-state index in [-0.39, 0.29) is 23.2 Å². The maximum atomic E-state index is 11.6. The SMILES string of the molecule is CCOC(=O)N(c1nonc1N(C(=O)OCC)[N+](=O)[O-])[N+](=O)[O-]. The van der Waals surface area contributed by atoms with E-state index in [0.29, 0.717) is 0 Å². The van der Waals surface area contributed by atoms with Gasteiger partial charge in [-0.15, -0.1) is 0 Å². The fraction of sp³-hybridized carbons (Fsp3) is 0.500. The zero-order valence-electron chi connectivity index (χ0n) is 11.8. The lowest BCUT2D eigenvalue weighted by atomic mass is 10.6. The quantitative estimate of drug-likeness (QED) is 0.517. The van der Waals surface area contributed by atoms with Crippen LogP contribution in [0.1, 0.15) is 13.8 Å². The van der Waals surface area contributed by atoms with Crippen LogP contribution < -0.4 is 10.0 Å². The summed E-state index contributed by atoms with van der Waals surface area (Å²) in [6.07, 6.45) is -3.02. The number of anilines is 2. The Morgan fingerprint density at radius 2 is 1.35 bits per heavy atom. The van der Waals surface area contributed by atoms with Crippen LogP contribution in [0.25, 0.3) is 0 Å². The van der Waals surface area contributed by atoms with Gasteiger partial charge in [0, 0.05) is 10.0 Å². The first-order valence-corrected chi connectivity index (χ1v) is 5.90. The molecule has 2 amide bonds. The molecule has 0 aliphatic carbocycles. The topological polar surface area (TPSA) is 184 Å². The lowest BCUT2D eigenvalue weighted by molar-refractivity contribution is -0.488. The van der Waals surface area contributed by atoms with Crippen LogP contribution in [0, 0.1) is 20.2 Å². The number of hydrazine groups is 2. The molecule has 0 aliphatic heterocycles. The number of hydrogen-bond donors (Lipinski definition) is 0. The molecule has 1 rings (SSSR count). The molecule has 15 nitrogen and oxygen atoms in total. The van der Waals surface area contributed by atoms with Gasteiger partial charge in [0.25, 0.3) is 0 Å². The predicted octanol–water partition coefficient (Wildman–Crippen LogP) is 0.379. The summed E-state index contributed by atoms with van der Waals surface area (Å²) in [7, 11) is 0. The molecule has 126 valence electrons. The molecule has 0 atom stereocenters. The second-order valence-electron chi connectivity index (χ2n) is 3.41. The van der Waals surface area contributed by atoms with Crippen LogP contribution in [0.5, 0.6) is 0 Å². The summed E-state index contributed by atoms with van der Waals surface area (Å²) in [5.41, 5.74) is 0. The third-order valence-corrected chi connectivity index (χ3v) is 2.06. The largest absolute Gasteiger partial charge is 0.475 e. The first-order chi connectivity index (χ1) is 10.8. The van der Waals surface area contributed by atoms with Gasteiger partial charge in [-0.05, 0) is 24.2 Å². The number of amides is 2. The van der Waals surface area contributed by atoms with Crippen molar-refractivity contribution >= 4 is 23.8 Å². The van der Waals surface area contributed by atoms with Crippen molar-refractivity contribution in [2.45, 2.75) is 13.8 Å². The molecule has 0 N–H and O–H groups in total. The Balaban J connectivity index is 3.32. The molecule has 0 unspecified atom stereocenters. The molecule has 0 aliphatic rings.